The molecule has 1 heterocycles. The van der Waals surface area contributed by atoms with Crippen LogP contribution in [0.3, 0.4) is 0 Å². The molecule has 0 fully saturated rings. The molecule has 11 nitrogen and oxygen atoms in total. The predicted molar refractivity (Wildman–Crippen MR) is 221 cm³/mol. The Kier molecular flexibility index (Phi) is 17.1. The van der Waals surface area contributed by atoms with Gasteiger partial charge in [0, 0.05) is 18.9 Å². The number of benzene rings is 3. The molecular weight excluding hydrogens is 752 g/mol. The van der Waals surface area contributed by atoms with Crippen molar-refractivity contribution in [3.8, 4) is 23.3 Å². The van der Waals surface area contributed by atoms with Crippen molar-refractivity contribution < 1.29 is 32.2 Å². The molecule has 1 amide bonds. The van der Waals surface area contributed by atoms with Gasteiger partial charge in [0.15, 0.2) is 0 Å². The molecule has 0 bridgehead atoms. The van der Waals surface area contributed by atoms with Gasteiger partial charge in [-0.3, -0.25) is 14.3 Å². The first kappa shape index (κ1) is 43.7. The topological polar surface area (TPSA) is 149 Å². The number of methoxy groups -OCH3 is 1. The Morgan fingerprint density at radius 2 is 1.48 bits per heavy atom. The molecule has 2 N–H and O–H groups in total. The van der Waals surface area contributed by atoms with E-state index in [1.54, 1.807) is 49.0 Å². The summed E-state index contributed by atoms with van der Waals surface area (Å²) in [5.41, 5.74) is 1.23. The van der Waals surface area contributed by atoms with E-state index >= 15 is 0 Å². The molecule has 56 heavy (non-hydrogen) atoms. The first-order chi connectivity index (χ1) is 27.0. The highest BCUT2D eigenvalue weighted by molar-refractivity contribution is 7.92. The number of hydrogen-bond acceptors (Lipinski definition) is 8. The number of Topliss-reactive ketones (excluding diaryl/α,β-unsaturated/α-hetero) is 1. The summed E-state index contributed by atoms with van der Waals surface area (Å²) < 4.78 is 49.0. The van der Waals surface area contributed by atoms with E-state index in [-0.39, 0.29) is 38.4 Å². The number of anilines is 2. The lowest BCUT2D eigenvalue weighted by Gasteiger charge is -2.19. The highest BCUT2D eigenvalue weighted by Crippen LogP contribution is 2.32. The summed E-state index contributed by atoms with van der Waals surface area (Å²) >= 11 is 6.46. The number of rotatable bonds is 24. The van der Waals surface area contributed by atoms with Crippen molar-refractivity contribution in [2.75, 3.05) is 23.8 Å². The monoisotopic (exact) mass is 804 g/mol. The Hall–Kier alpha value is -4.99. The van der Waals surface area contributed by atoms with Gasteiger partial charge < -0.3 is 24.1 Å². The van der Waals surface area contributed by atoms with Gasteiger partial charge in [0.25, 0.3) is 15.9 Å². The zero-order valence-electron chi connectivity index (χ0n) is 32.7. The number of carbonyl (C=O) groups excluding carboxylic acids is 2. The van der Waals surface area contributed by atoms with Crippen LogP contribution in [0.5, 0.6) is 17.2 Å². The van der Waals surface area contributed by atoms with Crippen LogP contribution in [-0.2, 0) is 21.9 Å². The van der Waals surface area contributed by atoms with Crippen LogP contribution in [0, 0.1) is 18.3 Å². The number of nitrogens with one attached hydrogen (secondary N) is 2. The molecule has 0 spiro atoms. The quantitative estimate of drug-likeness (QED) is 0.0404. The number of hydrogen-bond donors (Lipinski definition) is 2. The van der Waals surface area contributed by atoms with Crippen LogP contribution in [0.1, 0.15) is 106 Å². The molecule has 1 atom stereocenters. The number of carbonyl (C=O) groups is 2. The van der Waals surface area contributed by atoms with Gasteiger partial charge >= 0.3 is 0 Å². The number of sulfonamides is 1. The Balaban J connectivity index is 1.41. The van der Waals surface area contributed by atoms with E-state index in [1.165, 1.54) is 107 Å². The van der Waals surface area contributed by atoms with Gasteiger partial charge in [-0.15, -0.1) is 0 Å². The van der Waals surface area contributed by atoms with Crippen molar-refractivity contribution in [3.05, 3.63) is 94.8 Å². The molecule has 0 aliphatic carbocycles. The number of ether oxygens (including phenoxy) is 3. The molecule has 1 aromatic heterocycles. The number of para-hydroxylation sites is 2. The molecule has 0 saturated heterocycles. The number of aromatic nitrogens is 1. The van der Waals surface area contributed by atoms with Crippen molar-refractivity contribution in [1.29, 1.82) is 5.26 Å². The van der Waals surface area contributed by atoms with Gasteiger partial charge in [-0.1, -0.05) is 101 Å². The maximum Gasteiger partial charge on any atom is 0.273 e. The molecule has 13 heteroatoms. The number of nitrogens with zero attached hydrogens (tertiary/aromatic N) is 2. The Morgan fingerprint density at radius 3 is 2.11 bits per heavy atom. The second-order valence-electron chi connectivity index (χ2n) is 13.7. The van der Waals surface area contributed by atoms with Crippen LogP contribution in [0.2, 0.25) is 5.02 Å². The molecule has 4 rings (SSSR count). The third-order valence-electron chi connectivity index (χ3n) is 9.52. The Morgan fingerprint density at radius 1 is 0.857 bits per heavy atom. The van der Waals surface area contributed by atoms with E-state index in [9.17, 15) is 23.3 Å². The summed E-state index contributed by atoms with van der Waals surface area (Å²) in [6.07, 6.45) is 14.6. The first-order valence-corrected chi connectivity index (χ1v) is 21.1. The molecule has 300 valence electrons. The summed E-state index contributed by atoms with van der Waals surface area (Å²) in [6.45, 7) is 4.39. The second kappa shape index (κ2) is 21.9. The minimum Gasteiger partial charge on any atom is -0.494 e. The number of unbranched alkanes of at least 4 members (excludes halogenated alkanes) is 11. The third kappa shape index (κ3) is 12.5. The molecule has 0 saturated carbocycles. The third-order valence-corrected chi connectivity index (χ3v) is 11.2. The van der Waals surface area contributed by atoms with Crippen LogP contribution >= 0.6 is 11.6 Å². The van der Waals surface area contributed by atoms with Crippen LogP contribution < -0.4 is 24.2 Å². The molecule has 0 radical (unpaired) electrons. The van der Waals surface area contributed by atoms with Crippen molar-refractivity contribution in [1.82, 2.24) is 4.57 Å². The van der Waals surface area contributed by atoms with Crippen molar-refractivity contribution in [3.63, 3.8) is 0 Å². The van der Waals surface area contributed by atoms with E-state index in [2.05, 4.69) is 17.0 Å². The zero-order chi connectivity index (χ0) is 40.5. The SMILES string of the molecule is CCCCCCCCCCCCCCOc1ccccc1NS(=O)(=O)c1ccc(Cl)c(NC(=O)C(Oc2ccc(C#N)cc2)C(=O)c2c(OC)cn(C)c2C)c1. The fraction of sp³-hybridized carbons (Fsp3) is 0.419. The van der Waals surface area contributed by atoms with E-state index in [4.69, 9.17) is 25.8 Å². The predicted octanol–water partition coefficient (Wildman–Crippen LogP) is 10.0. The van der Waals surface area contributed by atoms with Gasteiger partial charge in [0.05, 0.1) is 52.2 Å². The fourth-order valence-electron chi connectivity index (χ4n) is 6.22. The standard InChI is InChI=1S/C43H53ClN4O7S/c1-5-6-7-8-9-10-11-12-13-14-15-18-27-54-38-20-17-16-19-36(38)47-56(51,52)34-25-26-35(44)37(28-34)46-43(50)42(55-33-23-21-32(29-45)22-24-33)41(49)40-31(2)48(3)30-39(40)53-4/h16-17,19-26,28,30,42,47H,5-15,18,27H2,1-4H3,(H,46,50). The molecule has 3 aromatic carbocycles. The van der Waals surface area contributed by atoms with Gasteiger partial charge in [-0.05, 0) is 67.9 Å². The van der Waals surface area contributed by atoms with Gasteiger partial charge in [0.2, 0.25) is 11.9 Å². The lowest BCUT2D eigenvalue weighted by molar-refractivity contribution is -0.120. The van der Waals surface area contributed by atoms with Crippen LogP contribution in [0.15, 0.2) is 77.8 Å². The highest BCUT2D eigenvalue weighted by atomic mass is 35.5. The van der Waals surface area contributed by atoms with Crippen LogP contribution in [0.4, 0.5) is 11.4 Å². The summed E-state index contributed by atoms with van der Waals surface area (Å²) in [5.74, 6) is -0.827. The van der Waals surface area contributed by atoms with Crippen molar-refractivity contribution in [2.24, 2.45) is 7.05 Å². The van der Waals surface area contributed by atoms with Crippen LogP contribution in [-0.4, -0.2) is 44.5 Å². The lowest BCUT2D eigenvalue weighted by atomic mass is 10.0. The number of halogens is 1. The van der Waals surface area contributed by atoms with Gasteiger partial charge in [-0.25, -0.2) is 8.42 Å². The summed E-state index contributed by atoms with van der Waals surface area (Å²) in [6, 6.07) is 18.6. The molecule has 1 unspecified atom stereocenters. The lowest BCUT2D eigenvalue weighted by Crippen LogP contribution is -2.40. The van der Waals surface area contributed by atoms with E-state index in [0.717, 1.165) is 19.3 Å². The van der Waals surface area contributed by atoms with E-state index in [1.807, 2.05) is 6.07 Å². The maximum atomic E-state index is 14.0. The minimum absolute atomic E-state index is 0.0292. The van der Waals surface area contributed by atoms with E-state index in [0.29, 0.717) is 23.6 Å². The minimum atomic E-state index is -4.20. The second-order valence-corrected chi connectivity index (χ2v) is 15.8. The maximum absolute atomic E-state index is 14.0. The average Bonchev–Trinajstić information content (AvgIpc) is 3.49. The zero-order valence-corrected chi connectivity index (χ0v) is 34.3. The Labute approximate surface area is 336 Å². The van der Waals surface area contributed by atoms with Gasteiger partial charge in [-0.2, -0.15) is 5.26 Å². The smallest absolute Gasteiger partial charge is 0.273 e. The first-order valence-electron chi connectivity index (χ1n) is 19.2. The van der Waals surface area contributed by atoms with E-state index < -0.39 is 27.8 Å². The normalized spacial score (nSPS) is 11.7. The molecular formula is C43H53ClN4O7S. The largest absolute Gasteiger partial charge is 0.494 e. The fourth-order valence-corrected chi connectivity index (χ4v) is 7.48. The average molecular weight is 805 g/mol. The molecule has 0 aliphatic heterocycles. The van der Waals surface area contributed by atoms with Gasteiger partial charge in [0.1, 0.15) is 17.2 Å². The number of nitriles is 1. The number of amides is 1. The van der Waals surface area contributed by atoms with Crippen molar-refractivity contribution in [2.45, 2.75) is 102 Å². The van der Waals surface area contributed by atoms with Crippen molar-refractivity contribution >= 4 is 44.7 Å². The highest BCUT2D eigenvalue weighted by Gasteiger charge is 2.35. The summed E-state index contributed by atoms with van der Waals surface area (Å²) in [4.78, 5) is 27.7. The number of ketones is 1. The van der Waals surface area contributed by atoms with Crippen LogP contribution in [0.25, 0.3) is 0 Å². The summed E-state index contributed by atoms with van der Waals surface area (Å²) in [7, 11) is -1.06. The summed E-state index contributed by atoms with van der Waals surface area (Å²) in [5, 5.41) is 11.8. The molecule has 0 aliphatic rings. The Bertz CT molecular complexity index is 2060. The molecule has 4 aromatic rings. The number of aryl methyl sites for hydroxylation is 1.